The van der Waals surface area contributed by atoms with Crippen LogP contribution in [0, 0.1) is 5.41 Å². The third-order valence-electron chi connectivity index (χ3n) is 4.91. The number of nitrogens with two attached hydrogens (primary N) is 2. The number of halogens is 1. The lowest BCUT2D eigenvalue weighted by molar-refractivity contribution is -0.166. The number of carbonyl (C=O) groups is 2. The molecule has 2 atom stereocenters. The zero-order chi connectivity index (χ0) is 18.0. The summed E-state index contributed by atoms with van der Waals surface area (Å²) in [4.78, 5) is 23.3. The van der Waals surface area contributed by atoms with Crippen molar-refractivity contribution >= 4 is 30.0 Å². The van der Waals surface area contributed by atoms with E-state index < -0.39 is 17.0 Å². The molecule has 25 heavy (non-hydrogen) atoms. The monoisotopic (exact) mass is 370 g/mol. The average molecular weight is 371 g/mol. The second kappa shape index (κ2) is 8.03. The second-order valence-electron chi connectivity index (χ2n) is 6.71. The average Bonchev–Trinajstić information content (AvgIpc) is 2.53. The zero-order valence-corrected chi connectivity index (χ0v) is 15.6. The number of nitrogens with one attached hydrogen (secondary N) is 2. The summed E-state index contributed by atoms with van der Waals surface area (Å²) in [5.41, 5.74) is 11.5. The highest BCUT2D eigenvalue weighted by Crippen LogP contribution is 2.50. The molecule has 2 rings (SSSR count). The molecule has 140 valence electrons. The standard InChI is InChI=1S/C17H26N4O3.ClH/c1-4-24-13-9-17(19,16(13,2)3)14(22)21-12-7-5-11(6-8-12)10-20-15(18)23;/h5-8,13H,4,9-10,19H2,1-3H3,(H,21,22)(H3,18,20,23);1H. The lowest BCUT2D eigenvalue weighted by Gasteiger charge is -2.57. The fourth-order valence-electron chi connectivity index (χ4n) is 2.96. The summed E-state index contributed by atoms with van der Waals surface area (Å²) in [5.74, 6) is -0.216. The Morgan fingerprint density at radius 3 is 2.36 bits per heavy atom. The Morgan fingerprint density at radius 2 is 1.88 bits per heavy atom. The van der Waals surface area contributed by atoms with Crippen LogP contribution in [0.5, 0.6) is 0 Å². The lowest BCUT2D eigenvalue weighted by atomic mass is 9.54. The Balaban J connectivity index is 0.00000312. The predicted molar refractivity (Wildman–Crippen MR) is 99.5 cm³/mol. The second-order valence-corrected chi connectivity index (χ2v) is 6.71. The first kappa shape index (κ1) is 21.2. The number of primary amides is 1. The summed E-state index contributed by atoms with van der Waals surface area (Å²) < 4.78 is 5.65. The SMILES string of the molecule is CCOC1CC(N)(C(=O)Nc2ccc(CNC(N)=O)cc2)C1(C)C.Cl. The molecule has 0 radical (unpaired) electrons. The van der Waals surface area contributed by atoms with Crippen LogP contribution in [0.1, 0.15) is 32.8 Å². The predicted octanol–water partition coefficient (Wildman–Crippen LogP) is 1.75. The first-order valence-electron chi connectivity index (χ1n) is 8.05. The molecule has 0 bridgehead atoms. The van der Waals surface area contributed by atoms with Crippen LogP contribution in [0.25, 0.3) is 0 Å². The van der Waals surface area contributed by atoms with E-state index in [1.54, 1.807) is 12.1 Å². The summed E-state index contributed by atoms with van der Waals surface area (Å²) in [7, 11) is 0. The minimum atomic E-state index is -0.959. The number of rotatable bonds is 6. The molecule has 1 aromatic rings. The van der Waals surface area contributed by atoms with E-state index in [9.17, 15) is 9.59 Å². The quantitative estimate of drug-likeness (QED) is 0.609. The number of hydrogen-bond donors (Lipinski definition) is 4. The summed E-state index contributed by atoms with van der Waals surface area (Å²) in [6, 6.07) is 6.58. The number of benzene rings is 1. The van der Waals surface area contributed by atoms with Gasteiger partial charge in [-0.05, 0) is 24.6 Å². The van der Waals surface area contributed by atoms with Crippen LogP contribution >= 0.6 is 12.4 Å². The van der Waals surface area contributed by atoms with Crippen molar-refractivity contribution in [2.24, 2.45) is 16.9 Å². The van der Waals surface area contributed by atoms with Crippen molar-refractivity contribution in [1.82, 2.24) is 5.32 Å². The molecule has 6 N–H and O–H groups in total. The van der Waals surface area contributed by atoms with Gasteiger partial charge in [-0.15, -0.1) is 12.4 Å². The molecule has 1 aromatic carbocycles. The molecule has 2 unspecified atom stereocenters. The molecule has 1 fully saturated rings. The topological polar surface area (TPSA) is 119 Å². The largest absolute Gasteiger partial charge is 0.378 e. The number of carbonyl (C=O) groups excluding carboxylic acids is 2. The summed E-state index contributed by atoms with van der Waals surface area (Å²) in [6.45, 7) is 6.78. The Labute approximate surface area is 154 Å². The summed E-state index contributed by atoms with van der Waals surface area (Å²) in [6.07, 6.45) is 0.487. The lowest BCUT2D eigenvalue weighted by Crippen LogP contribution is -2.74. The molecular weight excluding hydrogens is 344 g/mol. The van der Waals surface area contributed by atoms with Crippen LogP contribution in [0.2, 0.25) is 0 Å². The maximum Gasteiger partial charge on any atom is 0.312 e. The Kier molecular flexibility index (Phi) is 6.82. The third-order valence-corrected chi connectivity index (χ3v) is 4.91. The van der Waals surface area contributed by atoms with Crippen LogP contribution in [0.15, 0.2) is 24.3 Å². The van der Waals surface area contributed by atoms with E-state index in [2.05, 4.69) is 10.6 Å². The van der Waals surface area contributed by atoms with Gasteiger partial charge in [0.25, 0.3) is 0 Å². The van der Waals surface area contributed by atoms with E-state index in [0.29, 0.717) is 25.3 Å². The van der Waals surface area contributed by atoms with Gasteiger partial charge in [0.1, 0.15) is 5.54 Å². The van der Waals surface area contributed by atoms with E-state index >= 15 is 0 Å². The fourth-order valence-corrected chi connectivity index (χ4v) is 2.96. The van der Waals surface area contributed by atoms with Crippen molar-refractivity contribution in [3.63, 3.8) is 0 Å². The minimum Gasteiger partial charge on any atom is -0.378 e. The molecule has 0 spiro atoms. The van der Waals surface area contributed by atoms with E-state index in [0.717, 1.165) is 5.56 Å². The van der Waals surface area contributed by atoms with Crippen LogP contribution in [0.3, 0.4) is 0 Å². The van der Waals surface area contributed by atoms with Crippen molar-refractivity contribution in [3.05, 3.63) is 29.8 Å². The van der Waals surface area contributed by atoms with Crippen molar-refractivity contribution in [3.8, 4) is 0 Å². The van der Waals surface area contributed by atoms with Gasteiger partial charge in [-0.2, -0.15) is 0 Å². The molecule has 1 saturated carbocycles. The Bertz CT molecular complexity index is 621. The van der Waals surface area contributed by atoms with Crippen LogP contribution < -0.4 is 22.1 Å². The summed E-state index contributed by atoms with van der Waals surface area (Å²) in [5, 5.41) is 5.37. The molecule has 8 heteroatoms. The number of hydrogen-bond acceptors (Lipinski definition) is 4. The highest BCUT2D eigenvalue weighted by Gasteiger charge is 2.62. The van der Waals surface area contributed by atoms with Gasteiger partial charge in [0.15, 0.2) is 0 Å². The molecule has 3 amide bonds. The van der Waals surface area contributed by atoms with E-state index in [4.69, 9.17) is 16.2 Å². The van der Waals surface area contributed by atoms with Gasteiger partial charge in [-0.25, -0.2) is 4.79 Å². The molecule has 0 aromatic heterocycles. The maximum atomic E-state index is 12.6. The fraction of sp³-hybridized carbons (Fsp3) is 0.529. The van der Waals surface area contributed by atoms with Gasteiger partial charge in [0.05, 0.1) is 6.10 Å². The smallest absolute Gasteiger partial charge is 0.312 e. The first-order valence-corrected chi connectivity index (χ1v) is 8.05. The van der Waals surface area contributed by atoms with Gasteiger partial charge < -0.3 is 26.8 Å². The Morgan fingerprint density at radius 1 is 1.28 bits per heavy atom. The van der Waals surface area contributed by atoms with Crippen LogP contribution in [0.4, 0.5) is 10.5 Å². The van der Waals surface area contributed by atoms with Crippen molar-refractivity contribution < 1.29 is 14.3 Å². The van der Waals surface area contributed by atoms with Crippen molar-refractivity contribution in [2.45, 2.75) is 45.4 Å². The van der Waals surface area contributed by atoms with E-state index in [1.165, 1.54) is 0 Å². The zero-order valence-electron chi connectivity index (χ0n) is 14.8. The highest BCUT2D eigenvalue weighted by molar-refractivity contribution is 5.99. The first-order chi connectivity index (χ1) is 11.2. The molecule has 1 aliphatic carbocycles. The van der Waals surface area contributed by atoms with Crippen molar-refractivity contribution in [1.29, 1.82) is 0 Å². The molecule has 1 aliphatic rings. The van der Waals surface area contributed by atoms with Gasteiger partial charge in [0, 0.05) is 30.7 Å². The third kappa shape index (κ3) is 4.23. The summed E-state index contributed by atoms with van der Waals surface area (Å²) >= 11 is 0. The van der Waals surface area contributed by atoms with Gasteiger partial charge in [-0.3, -0.25) is 4.79 Å². The van der Waals surface area contributed by atoms with E-state index in [1.807, 2.05) is 32.9 Å². The molecule has 0 heterocycles. The number of ether oxygens (including phenoxy) is 1. The van der Waals surface area contributed by atoms with Crippen molar-refractivity contribution in [2.75, 3.05) is 11.9 Å². The minimum absolute atomic E-state index is 0. The normalized spacial score (nSPS) is 23.8. The highest BCUT2D eigenvalue weighted by atomic mass is 35.5. The molecule has 7 nitrogen and oxygen atoms in total. The van der Waals surface area contributed by atoms with E-state index in [-0.39, 0.29) is 24.4 Å². The number of urea groups is 1. The molecule has 0 aliphatic heterocycles. The van der Waals surface area contributed by atoms with Gasteiger partial charge >= 0.3 is 6.03 Å². The van der Waals surface area contributed by atoms with Crippen LogP contribution in [-0.4, -0.2) is 30.2 Å². The maximum absolute atomic E-state index is 12.6. The van der Waals surface area contributed by atoms with Crippen LogP contribution in [-0.2, 0) is 16.1 Å². The number of amides is 3. The molecular formula is C17H27ClN4O3. The molecule has 0 saturated heterocycles. The Hall–Kier alpha value is -1.83. The van der Waals surface area contributed by atoms with Gasteiger partial charge in [-0.1, -0.05) is 26.0 Å². The number of anilines is 1. The van der Waals surface area contributed by atoms with Gasteiger partial charge in [0.2, 0.25) is 5.91 Å².